The minimum atomic E-state index is 0.530. The summed E-state index contributed by atoms with van der Waals surface area (Å²) in [4.78, 5) is 0. The Morgan fingerprint density at radius 3 is 2.90 bits per heavy atom. The van der Waals surface area contributed by atoms with Gasteiger partial charge in [0.2, 0.25) is 0 Å². The number of rotatable bonds is 3. The van der Waals surface area contributed by atoms with Crippen molar-refractivity contribution in [1.82, 2.24) is 0 Å². The van der Waals surface area contributed by atoms with E-state index in [0.29, 0.717) is 5.92 Å². The molecule has 0 aliphatic heterocycles. The Hall–Kier alpha value is -2.08. The van der Waals surface area contributed by atoms with Crippen molar-refractivity contribution in [3.63, 3.8) is 0 Å². The van der Waals surface area contributed by atoms with Crippen LogP contribution in [0.25, 0.3) is 11.6 Å². The number of allylic oxidation sites excluding steroid dienone is 8. The van der Waals surface area contributed by atoms with Gasteiger partial charge in [-0.2, -0.15) is 0 Å². The molecule has 0 aromatic heterocycles. The van der Waals surface area contributed by atoms with E-state index in [1.165, 1.54) is 28.0 Å². The van der Waals surface area contributed by atoms with Gasteiger partial charge in [0.25, 0.3) is 0 Å². The molecule has 20 heavy (non-hydrogen) atoms. The molecule has 0 heteroatoms. The Kier molecular flexibility index (Phi) is 2.81. The summed E-state index contributed by atoms with van der Waals surface area (Å²) in [6.07, 6.45) is 19.4. The van der Waals surface area contributed by atoms with Crippen molar-refractivity contribution in [2.45, 2.75) is 19.3 Å². The van der Waals surface area contributed by atoms with Gasteiger partial charge in [0.15, 0.2) is 0 Å². The summed E-state index contributed by atoms with van der Waals surface area (Å²) in [6.45, 7) is 0. The maximum Gasteiger partial charge on any atom is 0.0207 e. The van der Waals surface area contributed by atoms with Crippen molar-refractivity contribution < 1.29 is 0 Å². The van der Waals surface area contributed by atoms with Crippen LogP contribution >= 0.6 is 0 Å². The standard InChI is InChI=1S/C20H18/c1-3-7-19-15(5-1)9-11-17(19)13-14-18-12-10-16-6-2-4-8-20(16)18/h1-11,15H,12-14H2. The van der Waals surface area contributed by atoms with Gasteiger partial charge in [-0.1, -0.05) is 72.4 Å². The van der Waals surface area contributed by atoms with Crippen LogP contribution in [0.3, 0.4) is 0 Å². The fourth-order valence-corrected chi connectivity index (χ4v) is 3.45. The smallest absolute Gasteiger partial charge is 0.0207 e. The van der Waals surface area contributed by atoms with E-state index < -0.39 is 0 Å². The summed E-state index contributed by atoms with van der Waals surface area (Å²) >= 11 is 0. The molecule has 0 fully saturated rings. The molecule has 1 atom stereocenters. The SMILES string of the molecule is C1=CC2=C(CCC3=c4ccccc4=CC3)C=CC2C=C1. The fourth-order valence-electron chi connectivity index (χ4n) is 3.45. The molecule has 3 aliphatic rings. The molecule has 98 valence electrons. The summed E-state index contributed by atoms with van der Waals surface area (Å²) in [5.41, 5.74) is 4.62. The van der Waals surface area contributed by atoms with Gasteiger partial charge >= 0.3 is 0 Å². The van der Waals surface area contributed by atoms with Crippen LogP contribution in [0.2, 0.25) is 0 Å². The van der Waals surface area contributed by atoms with Gasteiger partial charge in [0, 0.05) is 5.92 Å². The van der Waals surface area contributed by atoms with Gasteiger partial charge in [0.05, 0.1) is 0 Å². The highest BCUT2D eigenvalue weighted by molar-refractivity contribution is 5.60. The van der Waals surface area contributed by atoms with Crippen molar-refractivity contribution in [2.24, 2.45) is 5.92 Å². The van der Waals surface area contributed by atoms with E-state index in [0.717, 1.165) is 12.8 Å². The molecular formula is C20H18. The topological polar surface area (TPSA) is 0 Å². The van der Waals surface area contributed by atoms with Crippen molar-refractivity contribution >= 4 is 11.6 Å². The molecule has 0 saturated carbocycles. The van der Waals surface area contributed by atoms with Crippen LogP contribution < -0.4 is 10.4 Å². The lowest BCUT2D eigenvalue weighted by Gasteiger charge is -2.11. The third-order valence-electron chi connectivity index (χ3n) is 4.55. The van der Waals surface area contributed by atoms with Gasteiger partial charge in [-0.25, -0.2) is 0 Å². The molecule has 0 heterocycles. The molecule has 0 radical (unpaired) electrons. The highest BCUT2D eigenvalue weighted by atomic mass is 14.2. The summed E-state index contributed by atoms with van der Waals surface area (Å²) in [7, 11) is 0. The Morgan fingerprint density at radius 2 is 1.90 bits per heavy atom. The first-order valence-corrected chi connectivity index (χ1v) is 7.45. The van der Waals surface area contributed by atoms with Gasteiger partial charge in [0.1, 0.15) is 0 Å². The molecule has 1 unspecified atom stereocenters. The van der Waals surface area contributed by atoms with E-state index >= 15 is 0 Å². The van der Waals surface area contributed by atoms with E-state index in [1.54, 1.807) is 5.57 Å². The summed E-state index contributed by atoms with van der Waals surface area (Å²) in [5.74, 6) is 0.530. The van der Waals surface area contributed by atoms with Gasteiger partial charge in [-0.15, -0.1) is 0 Å². The van der Waals surface area contributed by atoms with Crippen molar-refractivity contribution in [1.29, 1.82) is 0 Å². The maximum atomic E-state index is 2.36. The zero-order valence-corrected chi connectivity index (χ0v) is 11.5. The third-order valence-corrected chi connectivity index (χ3v) is 4.55. The number of benzene rings is 1. The van der Waals surface area contributed by atoms with Crippen LogP contribution in [0.1, 0.15) is 19.3 Å². The molecule has 0 saturated heterocycles. The van der Waals surface area contributed by atoms with E-state index in [-0.39, 0.29) is 0 Å². The Balaban J connectivity index is 1.59. The first-order valence-electron chi connectivity index (χ1n) is 7.45. The molecule has 1 aromatic carbocycles. The minimum absolute atomic E-state index is 0.530. The third kappa shape index (κ3) is 1.92. The quantitative estimate of drug-likeness (QED) is 0.779. The van der Waals surface area contributed by atoms with Crippen LogP contribution in [-0.4, -0.2) is 0 Å². The largest absolute Gasteiger partial charge is 0.0732 e. The lowest BCUT2D eigenvalue weighted by atomic mass is 9.93. The van der Waals surface area contributed by atoms with E-state index in [2.05, 4.69) is 66.8 Å². The number of hydrogen-bond donors (Lipinski definition) is 0. The zero-order valence-electron chi connectivity index (χ0n) is 11.5. The lowest BCUT2D eigenvalue weighted by Crippen LogP contribution is -2.21. The van der Waals surface area contributed by atoms with Crippen LogP contribution in [0.4, 0.5) is 0 Å². The predicted octanol–water partition coefficient (Wildman–Crippen LogP) is 3.41. The van der Waals surface area contributed by atoms with Crippen molar-refractivity contribution in [3.8, 4) is 0 Å². The zero-order chi connectivity index (χ0) is 13.4. The average Bonchev–Trinajstić information content (AvgIpc) is 3.09. The monoisotopic (exact) mass is 258 g/mol. The first-order chi connectivity index (χ1) is 9.92. The fraction of sp³-hybridized carbons (Fsp3) is 0.200. The Bertz CT molecular complexity index is 782. The summed E-state index contributed by atoms with van der Waals surface area (Å²) in [5, 5.41) is 2.89. The predicted molar refractivity (Wildman–Crippen MR) is 85.4 cm³/mol. The second-order valence-corrected chi connectivity index (χ2v) is 5.71. The van der Waals surface area contributed by atoms with Crippen LogP contribution in [-0.2, 0) is 0 Å². The molecular weight excluding hydrogens is 240 g/mol. The lowest BCUT2D eigenvalue weighted by molar-refractivity contribution is 0.956. The molecule has 0 nitrogen and oxygen atoms in total. The van der Waals surface area contributed by atoms with E-state index in [1.807, 2.05) is 0 Å². The van der Waals surface area contributed by atoms with Crippen LogP contribution in [0.15, 0.2) is 71.9 Å². The van der Waals surface area contributed by atoms with Crippen molar-refractivity contribution in [3.05, 3.63) is 82.3 Å². The highest BCUT2D eigenvalue weighted by Gasteiger charge is 2.17. The molecule has 0 N–H and O–H groups in total. The average molecular weight is 258 g/mol. The molecule has 0 bridgehead atoms. The van der Waals surface area contributed by atoms with E-state index in [4.69, 9.17) is 0 Å². The van der Waals surface area contributed by atoms with Gasteiger partial charge in [-0.05, 0) is 40.8 Å². The Labute approximate surface area is 119 Å². The minimum Gasteiger partial charge on any atom is -0.0732 e. The van der Waals surface area contributed by atoms with Crippen molar-refractivity contribution in [2.75, 3.05) is 0 Å². The van der Waals surface area contributed by atoms with Gasteiger partial charge < -0.3 is 0 Å². The van der Waals surface area contributed by atoms with Gasteiger partial charge in [-0.3, -0.25) is 0 Å². The normalized spacial score (nSPS) is 22.2. The molecule has 0 spiro atoms. The summed E-state index contributed by atoms with van der Waals surface area (Å²) in [6, 6.07) is 8.78. The first kappa shape index (κ1) is 11.7. The molecule has 0 amide bonds. The van der Waals surface area contributed by atoms with Crippen LogP contribution in [0, 0.1) is 5.92 Å². The van der Waals surface area contributed by atoms with Crippen LogP contribution in [0.5, 0.6) is 0 Å². The molecule has 4 rings (SSSR count). The Morgan fingerprint density at radius 1 is 0.950 bits per heavy atom. The summed E-state index contributed by atoms with van der Waals surface area (Å²) < 4.78 is 0. The number of fused-ring (bicyclic) bond motifs is 2. The second kappa shape index (κ2) is 4.79. The molecule has 3 aliphatic carbocycles. The number of hydrogen-bond acceptors (Lipinski definition) is 0. The molecule has 1 aromatic rings. The van der Waals surface area contributed by atoms with E-state index in [9.17, 15) is 0 Å². The highest BCUT2D eigenvalue weighted by Crippen LogP contribution is 2.33. The maximum absolute atomic E-state index is 2.36. The second-order valence-electron chi connectivity index (χ2n) is 5.71.